The molecule has 0 aromatic rings. The standard InChI is InChI=1S/C22H31N3O/c1-23-22(26)25-21-15-9-5-11-3-7-13(17(11)15)19(21)18-12-6-2-10-4-8-14(16(10)12)20(18)24-25/h10-17,20-21,24H,2-9H2,1H3,(H,23,26)/t10-,11+,12+,13-,14-,15+,16-,17+,20-,21-/m0/s1. The molecule has 10 atom stereocenters. The fourth-order valence-corrected chi connectivity index (χ4v) is 9.59. The van der Waals surface area contributed by atoms with Crippen molar-refractivity contribution in [3.63, 3.8) is 0 Å². The zero-order valence-electron chi connectivity index (χ0n) is 15.8. The predicted molar refractivity (Wildman–Crippen MR) is 98.9 cm³/mol. The molecule has 6 fully saturated rings. The van der Waals surface area contributed by atoms with E-state index in [1.54, 1.807) is 12.6 Å². The first-order valence-corrected chi connectivity index (χ1v) is 11.3. The fourth-order valence-electron chi connectivity index (χ4n) is 9.59. The summed E-state index contributed by atoms with van der Waals surface area (Å²) in [5, 5.41) is 5.03. The van der Waals surface area contributed by atoms with Crippen molar-refractivity contribution < 1.29 is 4.79 Å². The molecule has 1 aliphatic heterocycles. The van der Waals surface area contributed by atoms with Gasteiger partial charge in [-0.05, 0) is 110 Å². The van der Waals surface area contributed by atoms with E-state index in [0.29, 0.717) is 12.1 Å². The van der Waals surface area contributed by atoms with Crippen molar-refractivity contribution in [2.24, 2.45) is 47.3 Å². The minimum absolute atomic E-state index is 0.0987. The van der Waals surface area contributed by atoms with Gasteiger partial charge < -0.3 is 5.32 Å². The second-order valence-electron chi connectivity index (χ2n) is 10.4. The zero-order chi connectivity index (χ0) is 17.2. The first-order chi connectivity index (χ1) is 12.8. The lowest BCUT2D eigenvalue weighted by molar-refractivity contribution is 0.0984. The van der Waals surface area contributed by atoms with Crippen molar-refractivity contribution in [2.45, 2.75) is 63.5 Å². The van der Waals surface area contributed by atoms with Crippen LogP contribution >= 0.6 is 0 Å². The van der Waals surface area contributed by atoms with E-state index in [1.807, 2.05) is 5.57 Å². The maximum Gasteiger partial charge on any atom is 0.332 e. The average Bonchev–Trinajstić information content (AvgIpc) is 3.43. The molecular weight excluding hydrogens is 322 g/mol. The molecule has 0 aromatic carbocycles. The lowest BCUT2D eigenvalue weighted by atomic mass is 9.83. The van der Waals surface area contributed by atoms with Gasteiger partial charge in [0.15, 0.2) is 0 Å². The summed E-state index contributed by atoms with van der Waals surface area (Å²) in [6, 6.07) is 0.928. The van der Waals surface area contributed by atoms with Gasteiger partial charge in [0.05, 0.1) is 12.1 Å². The van der Waals surface area contributed by atoms with E-state index in [1.165, 1.54) is 51.4 Å². The number of carbonyl (C=O) groups excluding carboxylic acids is 1. The predicted octanol–water partition coefficient (Wildman–Crippen LogP) is 3.31. The van der Waals surface area contributed by atoms with Crippen molar-refractivity contribution >= 4 is 6.03 Å². The maximum atomic E-state index is 12.9. The van der Waals surface area contributed by atoms with E-state index in [2.05, 4.69) is 15.8 Å². The minimum atomic E-state index is 0.0987. The number of hydrogen-bond acceptors (Lipinski definition) is 2. The highest BCUT2D eigenvalue weighted by molar-refractivity contribution is 5.75. The number of rotatable bonds is 0. The number of nitrogens with zero attached hydrogens (tertiary/aromatic N) is 1. The van der Waals surface area contributed by atoms with Gasteiger partial charge in [0.25, 0.3) is 0 Å². The van der Waals surface area contributed by atoms with Gasteiger partial charge in [0.2, 0.25) is 0 Å². The van der Waals surface area contributed by atoms with Crippen LogP contribution in [-0.4, -0.2) is 30.2 Å². The van der Waals surface area contributed by atoms with Crippen molar-refractivity contribution in [2.75, 3.05) is 7.05 Å². The highest BCUT2D eigenvalue weighted by Crippen LogP contribution is 2.68. The number of hydrazine groups is 1. The Balaban J connectivity index is 1.42. The topological polar surface area (TPSA) is 44.4 Å². The van der Waals surface area contributed by atoms with E-state index in [-0.39, 0.29) is 6.03 Å². The van der Waals surface area contributed by atoms with Gasteiger partial charge in [-0.15, -0.1) is 0 Å². The molecule has 0 spiro atoms. The Kier molecular flexibility index (Phi) is 2.80. The summed E-state index contributed by atoms with van der Waals surface area (Å²) in [7, 11) is 1.80. The summed E-state index contributed by atoms with van der Waals surface area (Å²) in [4.78, 5) is 12.9. The quantitative estimate of drug-likeness (QED) is 0.656. The fraction of sp³-hybridized carbons (Fsp3) is 0.864. The van der Waals surface area contributed by atoms with Gasteiger partial charge in [-0.3, -0.25) is 5.01 Å². The summed E-state index contributed by atoms with van der Waals surface area (Å²) in [6.45, 7) is 0. The SMILES string of the molecule is CNC(=O)N1N[C@@H]2C(=C3[C@H]4CC[C@@H]5CC[C@H]([C@H]54)[C@@H]31)[C@@H]1CC[C@H]3CC[C@H]2[C@@H]31. The average molecular weight is 354 g/mol. The molecule has 2 amide bonds. The van der Waals surface area contributed by atoms with Crippen LogP contribution in [0.3, 0.4) is 0 Å². The van der Waals surface area contributed by atoms with Crippen molar-refractivity contribution in [1.82, 2.24) is 15.8 Å². The first-order valence-electron chi connectivity index (χ1n) is 11.3. The number of urea groups is 1. The van der Waals surface area contributed by atoms with Crippen LogP contribution in [0.15, 0.2) is 11.1 Å². The molecule has 0 bridgehead atoms. The first kappa shape index (κ1) is 15.0. The molecule has 4 heteroatoms. The highest BCUT2D eigenvalue weighted by Gasteiger charge is 2.65. The van der Waals surface area contributed by atoms with Crippen molar-refractivity contribution in [3.8, 4) is 0 Å². The molecule has 6 aliphatic carbocycles. The molecule has 2 N–H and O–H groups in total. The van der Waals surface area contributed by atoms with E-state index in [9.17, 15) is 4.79 Å². The van der Waals surface area contributed by atoms with E-state index >= 15 is 0 Å². The van der Waals surface area contributed by atoms with Crippen LogP contribution in [0.4, 0.5) is 4.79 Å². The Bertz CT molecular complexity index is 716. The minimum Gasteiger partial charge on any atom is -0.340 e. The van der Waals surface area contributed by atoms with Crippen molar-refractivity contribution in [1.29, 1.82) is 0 Å². The summed E-state index contributed by atoms with van der Waals surface area (Å²) >= 11 is 0. The number of amides is 2. The third-order valence-corrected chi connectivity index (χ3v) is 10.1. The van der Waals surface area contributed by atoms with E-state index < -0.39 is 0 Å². The molecule has 26 heavy (non-hydrogen) atoms. The molecule has 0 unspecified atom stereocenters. The van der Waals surface area contributed by atoms with Gasteiger partial charge in [-0.2, -0.15) is 0 Å². The lowest BCUT2D eigenvalue weighted by Crippen LogP contribution is -2.61. The molecule has 0 saturated heterocycles. The van der Waals surface area contributed by atoms with Crippen molar-refractivity contribution in [3.05, 3.63) is 11.1 Å². The third-order valence-electron chi connectivity index (χ3n) is 10.1. The highest BCUT2D eigenvalue weighted by atomic mass is 16.2. The summed E-state index contributed by atoms with van der Waals surface area (Å²) in [5.74, 6) is 6.92. The van der Waals surface area contributed by atoms with Crippen LogP contribution in [0.1, 0.15) is 51.4 Å². The lowest BCUT2D eigenvalue weighted by Gasteiger charge is -2.43. The molecule has 1 heterocycles. The molecule has 140 valence electrons. The third kappa shape index (κ3) is 1.54. The van der Waals surface area contributed by atoms with Gasteiger partial charge in [0.1, 0.15) is 0 Å². The van der Waals surface area contributed by atoms with Crippen LogP contribution in [0.2, 0.25) is 0 Å². The molecule has 7 aliphatic rings. The van der Waals surface area contributed by atoms with Gasteiger partial charge in [0, 0.05) is 7.05 Å². The van der Waals surface area contributed by atoms with Crippen LogP contribution in [0, 0.1) is 47.3 Å². The summed E-state index contributed by atoms with van der Waals surface area (Å²) in [6.07, 6.45) is 11.3. The van der Waals surface area contributed by atoms with Crippen LogP contribution in [0.25, 0.3) is 0 Å². The maximum absolute atomic E-state index is 12.9. The Morgan fingerprint density at radius 2 is 1.50 bits per heavy atom. The second-order valence-corrected chi connectivity index (χ2v) is 10.4. The van der Waals surface area contributed by atoms with Crippen LogP contribution in [0.5, 0.6) is 0 Å². The van der Waals surface area contributed by atoms with E-state index in [4.69, 9.17) is 0 Å². The van der Waals surface area contributed by atoms with Gasteiger partial charge in [-0.1, -0.05) is 0 Å². The zero-order valence-corrected chi connectivity index (χ0v) is 15.8. The Morgan fingerprint density at radius 1 is 0.885 bits per heavy atom. The largest absolute Gasteiger partial charge is 0.340 e. The number of hydrogen-bond donors (Lipinski definition) is 2. The van der Waals surface area contributed by atoms with Crippen LogP contribution in [-0.2, 0) is 0 Å². The van der Waals surface area contributed by atoms with Gasteiger partial charge in [-0.25, -0.2) is 10.2 Å². The Hall–Kier alpha value is -1.03. The Labute approximate surface area is 156 Å². The molecular formula is C22H31N3O. The molecule has 0 radical (unpaired) electrons. The van der Waals surface area contributed by atoms with Crippen LogP contribution < -0.4 is 10.7 Å². The Morgan fingerprint density at radius 3 is 2.23 bits per heavy atom. The molecule has 4 nitrogen and oxygen atoms in total. The number of fused-ring (bicyclic) bond motifs is 6. The van der Waals surface area contributed by atoms with Gasteiger partial charge >= 0.3 is 6.03 Å². The monoisotopic (exact) mass is 353 g/mol. The number of nitrogens with one attached hydrogen (secondary N) is 2. The molecule has 6 saturated carbocycles. The second kappa shape index (κ2) is 4.87. The van der Waals surface area contributed by atoms with E-state index in [0.717, 1.165) is 47.3 Å². The summed E-state index contributed by atoms with van der Waals surface area (Å²) < 4.78 is 0. The molecule has 0 aromatic heterocycles. The number of carbonyl (C=O) groups is 1. The molecule has 7 rings (SSSR count). The normalized spacial score (nSPS) is 55.2. The smallest absolute Gasteiger partial charge is 0.332 e. The summed E-state index contributed by atoms with van der Waals surface area (Å²) in [5.41, 5.74) is 7.46.